The van der Waals surface area contributed by atoms with Crippen molar-refractivity contribution >= 4 is 50.9 Å². The molecule has 6 nitrogen and oxygen atoms in total. The number of nitrogens with zero attached hydrogens (tertiary/aromatic N) is 4. The first-order valence-electron chi connectivity index (χ1n) is 7.98. The van der Waals surface area contributed by atoms with Crippen LogP contribution in [-0.2, 0) is 11.2 Å². The lowest BCUT2D eigenvalue weighted by Crippen LogP contribution is -2.40. The molecule has 128 valence electrons. The van der Waals surface area contributed by atoms with Crippen molar-refractivity contribution in [3.63, 3.8) is 0 Å². The van der Waals surface area contributed by atoms with Crippen LogP contribution in [0.25, 0.3) is 10.3 Å². The monoisotopic (exact) mass is 371 g/mol. The number of thioether (sulfide) groups is 1. The summed E-state index contributed by atoms with van der Waals surface area (Å²) < 4.78 is 1.82. The number of hydrogen-bond acceptors (Lipinski definition) is 7. The molecule has 1 unspecified atom stereocenters. The van der Waals surface area contributed by atoms with E-state index in [1.165, 1.54) is 23.2 Å². The summed E-state index contributed by atoms with van der Waals surface area (Å²) in [5.74, 6) is 0.711. The van der Waals surface area contributed by atoms with E-state index in [2.05, 4.69) is 26.3 Å². The van der Waals surface area contributed by atoms with Crippen molar-refractivity contribution in [3.05, 3.63) is 36.2 Å². The van der Waals surface area contributed by atoms with E-state index in [1.807, 2.05) is 36.3 Å². The zero-order valence-electron chi connectivity index (χ0n) is 13.9. The Hall–Kier alpha value is -2.19. The zero-order valence-corrected chi connectivity index (χ0v) is 15.5. The van der Waals surface area contributed by atoms with Crippen LogP contribution in [0.15, 0.2) is 34.9 Å². The normalized spacial score (nSPS) is 14.6. The Balaban J connectivity index is 1.57. The Labute approximate surface area is 153 Å². The third-order valence-corrected chi connectivity index (χ3v) is 6.26. The summed E-state index contributed by atoms with van der Waals surface area (Å²) >= 11 is 3.12. The molecule has 25 heavy (non-hydrogen) atoms. The topological polar surface area (TPSA) is 71.0 Å². The molecule has 1 aliphatic heterocycles. The largest absolute Gasteiger partial charge is 0.357 e. The summed E-state index contributed by atoms with van der Waals surface area (Å²) in [6.45, 7) is 2.59. The standard InChI is InChI=1S/C17H17N5OS2/c1-10(16(23)22-8-7-11-5-3-4-6-12(11)22)20-14-13-15(19-9-18-14)21-17(24-2)25-13/h3-6,9-10H,7-8H2,1-2H3,(H,18,19,20). The van der Waals surface area contributed by atoms with Crippen LogP contribution >= 0.6 is 23.1 Å². The first-order valence-corrected chi connectivity index (χ1v) is 10.0. The lowest BCUT2D eigenvalue weighted by molar-refractivity contribution is -0.118. The Kier molecular flexibility index (Phi) is 4.30. The van der Waals surface area contributed by atoms with E-state index in [9.17, 15) is 4.79 Å². The minimum atomic E-state index is -0.385. The van der Waals surface area contributed by atoms with Gasteiger partial charge in [-0.15, -0.1) is 11.3 Å². The molecule has 1 aliphatic rings. The van der Waals surface area contributed by atoms with Gasteiger partial charge < -0.3 is 10.2 Å². The van der Waals surface area contributed by atoms with Crippen LogP contribution in [0.2, 0.25) is 0 Å². The molecule has 0 fully saturated rings. The minimum Gasteiger partial charge on any atom is -0.357 e. The number of thiazole rings is 1. The smallest absolute Gasteiger partial charge is 0.249 e. The third kappa shape index (κ3) is 2.96. The molecule has 1 atom stereocenters. The molecule has 1 N–H and O–H groups in total. The second-order valence-electron chi connectivity index (χ2n) is 5.79. The predicted octanol–water partition coefficient (Wildman–Crippen LogP) is 3.20. The molecular weight excluding hydrogens is 354 g/mol. The maximum absolute atomic E-state index is 12.9. The van der Waals surface area contributed by atoms with Crippen molar-refractivity contribution in [2.24, 2.45) is 0 Å². The van der Waals surface area contributed by atoms with Crippen LogP contribution in [-0.4, -0.2) is 39.7 Å². The first kappa shape index (κ1) is 16.3. The molecule has 0 aliphatic carbocycles. The highest BCUT2D eigenvalue weighted by atomic mass is 32.2. The van der Waals surface area contributed by atoms with E-state index in [1.54, 1.807) is 11.8 Å². The average molecular weight is 371 g/mol. The van der Waals surface area contributed by atoms with Gasteiger partial charge in [-0.3, -0.25) is 4.79 Å². The predicted molar refractivity (Wildman–Crippen MR) is 103 cm³/mol. The highest BCUT2D eigenvalue weighted by Gasteiger charge is 2.28. The maximum atomic E-state index is 12.9. The van der Waals surface area contributed by atoms with Crippen LogP contribution in [0.5, 0.6) is 0 Å². The Morgan fingerprint density at radius 2 is 2.20 bits per heavy atom. The SMILES string of the molecule is CSc1nc2ncnc(NC(C)C(=O)N3CCc4ccccc43)c2s1. The van der Waals surface area contributed by atoms with E-state index in [0.29, 0.717) is 11.5 Å². The molecule has 3 aromatic rings. The maximum Gasteiger partial charge on any atom is 0.249 e. The highest BCUT2D eigenvalue weighted by molar-refractivity contribution is 8.00. The van der Waals surface area contributed by atoms with Gasteiger partial charge in [0.2, 0.25) is 5.91 Å². The van der Waals surface area contributed by atoms with Gasteiger partial charge in [0.05, 0.1) is 0 Å². The molecule has 0 saturated heterocycles. The molecule has 0 bridgehead atoms. The summed E-state index contributed by atoms with van der Waals surface area (Å²) in [7, 11) is 0. The number of hydrogen-bond donors (Lipinski definition) is 1. The fourth-order valence-electron chi connectivity index (χ4n) is 2.99. The van der Waals surface area contributed by atoms with Gasteiger partial charge in [-0.2, -0.15) is 0 Å². The van der Waals surface area contributed by atoms with E-state index in [0.717, 1.165) is 27.7 Å². The van der Waals surface area contributed by atoms with Crippen LogP contribution in [0.3, 0.4) is 0 Å². The van der Waals surface area contributed by atoms with Gasteiger partial charge >= 0.3 is 0 Å². The Morgan fingerprint density at radius 3 is 3.04 bits per heavy atom. The van der Waals surface area contributed by atoms with Crippen LogP contribution in [0.4, 0.5) is 11.5 Å². The summed E-state index contributed by atoms with van der Waals surface area (Å²) in [6.07, 6.45) is 4.37. The molecule has 4 rings (SSSR count). The van der Waals surface area contributed by atoms with E-state index in [-0.39, 0.29) is 11.9 Å². The van der Waals surface area contributed by atoms with Gasteiger partial charge in [0.15, 0.2) is 9.99 Å². The molecule has 0 spiro atoms. The van der Waals surface area contributed by atoms with Gasteiger partial charge in [0, 0.05) is 12.2 Å². The number of nitrogens with one attached hydrogen (secondary N) is 1. The van der Waals surface area contributed by atoms with Gasteiger partial charge in [0.25, 0.3) is 0 Å². The van der Waals surface area contributed by atoms with Gasteiger partial charge in [-0.25, -0.2) is 15.0 Å². The second kappa shape index (κ2) is 6.61. The number of carbonyl (C=O) groups is 1. The number of aromatic nitrogens is 3. The van der Waals surface area contributed by atoms with E-state index in [4.69, 9.17) is 0 Å². The lowest BCUT2D eigenvalue weighted by Gasteiger charge is -2.22. The highest BCUT2D eigenvalue weighted by Crippen LogP contribution is 2.32. The number of fused-ring (bicyclic) bond motifs is 2. The number of benzene rings is 1. The molecule has 0 saturated carbocycles. The number of para-hydroxylation sites is 1. The summed E-state index contributed by atoms with van der Waals surface area (Å²) in [5.41, 5.74) is 2.90. The first-order chi connectivity index (χ1) is 12.2. The number of carbonyl (C=O) groups excluding carboxylic acids is 1. The van der Waals surface area contributed by atoms with Crippen molar-refractivity contribution in [2.45, 2.75) is 23.7 Å². The van der Waals surface area contributed by atoms with Crippen molar-refractivity contribution in [3.8, 4) is 0 Å². The number of amides is 1. The molecule has 8 heteroatoms. The van der Waals surface area contributed by atoms with Crippen molar-refractivity contribution in [2.75, 3.05) is 23.0 Å². The summed E-state index contributed by atoms with van der Waals surface area (Å²) in [6, 6.07) is 7.68. The number of rotatable bonds is 4. The minimum absolute atomic E-state index is 0.0475. The fraction of sp³-hybridized carbons (Fsp3) is 0.294. The lowest BCUT2D eigenvalue weighted by atomic mass is 10.2. The van der Waals surface area contributed by atoms with Crippen molar-refractivity contribution in [1.29, 1.82) is 0 Å². The van der Waals surface area contributed by atoms with E-state index >= 15 is 0 Å². The molecule has 3 heterocycles. The fourth-order valence-corrected chi connectivity index (χ4v) is 4.46. The second-order valence-corrected chi connectivity index (χ2v) is 7.85. The average Bonchev–Trinajstić information content (AvgIpc) is 3.25. The Morgan fingerprint density at radius 1 is 1.36 bits per heavy atom. The van der Waals surface area contributed by atoms with Crippen LogP contribution in [0, 0.1) is 0 Å². The van der Waals surface area contributed by atoms with Crippen molar-refractivity contribution in [1.82, 2.24) is 15.0 Å². The van der Waals surface area contributed by atoms with Gasteiger partial charge in [-0.05, 0) is 31.2 Å². The Bertz CT molecular complexity index is 942. The summed E-state index contributed by atoms with van der Waals surface area (Å²) in [4.78, 5) is 27.7. The van der Waals surface area contributed by atoms with Crippen LogP contribution in [0.1, 0.15) is 12.5 Å². The quantitative estimate of drug-likeness (QED) is 0.710. The molecule has 1 amide bonds. The molecule has 2 aromatic heterocycles. The number of anilines is 2. The van der Waals surface area contributed by atoms with Crippen molar-refractivity contribution < 1.29 is 4.79 Å². The van der Waals surface area contributed by atoms with E-state index < -0.39 is 0 Å². The van der Waals surface area contributed by atoms with Gasteiger partial charge in [0.1, 0.15) is 22.9 Å². The summed E-state index contributed by atoms with van der Waals surface area (Å²) in [5, 5.41) is 3.25. The van der Waals surface area contributed by atoms with Crippen LogP contribution < -0.4 is 10.2 Å². The van der Waals surface area contributed by atoms with Gasteiger partial charge in [-0.1, -0.05) is 30.0 Å². The molecule has 1 aromatic carbocycles. The third-order valence-electron chi connectivity index (χ3n) is 4.22. The molecular formula is C17H17N5OS2. The molecule has 0 radical (unpaired) electrons. The zero-order chi connectivity index (χ0) is 17.4.